The highest BCUT2D eigenvalue weighted by Crippen LogP contribution is 2.26. The number of hydrogen-bond acceptors (Lipinski definition) is 3. The smallest absolute Gasteiger partial charge is 0.388 e. The van der Waals surface area contributed by atoms with Crippen molar-refractivity contribution in [1.29, 1.82) is 0 Å². The fourth-order valence-electron chi connectivity index (χ4n) is 3.25. The Labute approximate surface area is 177 Å². The van der Waals surface area contributed by atoms with Gasteiger partial charge in [-0.25, -0.2) is 9.78 Å². The fourth-order valence-corrected chi connectivity index (χ4v) is 3.25. The maximum Gasteiger partial charge on any atom is 0.388 e. The van der Waals surface area contributed by atoms with Gasteiger partial charge in [0, 0.05) is 11.4 Å². The highest BCUT2D eigenvalue weighted by molar-refractivity contribution is 6.01. The molecule has 0 bridgehead atoms. The van der Waals surface area contributed by atoms with E-state index >= 15 is 0 Å². The molecule has 1 heterocycles. The number of carbonyl (C=O) groups is 1. The highest BCUT2D eigenvalue weighted by atomic mass is 19.3. The van der Waals surface area contributed by atoms with Crippen LogP contribution in [-0.2, 0) is 0 Å². The Morgan fingerprint density at radius 1 is 0.933 bits per heavy atom. The number of anilines is 2. The quantitative estimate of drug-likeness (QED) is 0.543. The van der Waals surface area contributed by atoms with Crippen molar-refractivity contribution >= 4 is 17.4 Å². The third kappa shape index (κ3) is 7.97. The lowest BCUT2D eigenvalue weighted by molar-refractivity contribution is -0.0523. The third-order valence-electron chi connectivity index (χ3n) is 4.78. The van der Waals surface area contributed by atoms with Gasteiger partial charge in [-0.2, -0.15) is 8.78 Å². The normalized spacial score (nSPS) is 13.4. The predicted octanol–water partition coefficient (Wildman–Crippen LogP) is 7.10. The van der Waals surface area contributed by atoms with E-state index in [1.165, 1.54) is 44.6 Å². The lowest BCUT2D eigenvalue weighted by Gasteiger charge is -2.15. The Balaban J connectivity index is 0.000000456. The van der Waals surface area contributed by atoms with Crippen LogP contribution in [0.2, 0.25) is 0 Å². The number of nitrogens with one attached hydrogen (secondary N) is 2. The number of amides is 2. The van der Waals surface area contributed by atoms with Crippen LogP contribution in [0, 0.1) is 6.92 Å². The Hall–Kier alpha value is -2.70. The van der Waals surface area contributed by atoms with Crippen molar-refractivity contribution in [3.8, 4) is 5.88 Å². The van der Waals surface area contributed by atoms with Crippen molar-refractivity contribution in [1.82, 2.24) is 4.98 Å². The van der Waals surface area contributed by atoms with Crippen LogP contribution in [0.25, 0.3) is 0 Å². The monoisotopic (exact) mass is 419 g/mol. The van der Waals surface area contributed by atoms with Crippen LogP contribution in [0.4, 0.5) is 25.0 Å². The summed E-state index contributed by atoms with van der Waals surface area (Å²) in [6.07, 6.45) is 9.00. The second-order valence-corrected chi connectivity index (χ2v) is 7.63. The van der Waals surface area contributed by atoms with E-state index in [1.54, 1.807) is 25.1 Å². The molecule has 0 saturated heterocycles. The number of aromatic nitrogens is 1. The number of ether oxygens (including phenoxy) is 1. The van der Waals surface area contributed by atoms with Gasteiger partial charge < -0.3 is 15.4 Å². The Kier molecular flexibility index (Phi) is 9.51. The van der Waals surface area contributed by atoms with Gasteiger partial charge in [-0.1, -0.05) is 70.6 Å². The molecule has 1 aliphatic carbocycles. The zero-order valence-corrected chi connectivity index (χ0v) is 17.9. The average molecular weight is 420 g/mol. The molecule has 1 aromatic heterocycles. The van der Waals surface area contributed by atoms with Crippen molar-refractivity contribution in [2.75, 3.05) is 10.6 Å². The number of rotatable bonds is 5. The summed E-state index contributed by atoms with van der Waals surface area (Å²) in [6, 6.07) is 9.88. The molecule has 2 aromatic rings. The van der Waals surface area contributed by atoms with Gasteiger partial charge in [0.05, 0.1) is 0 Å². The summed E-state index contributed by atoms with van der Waals surface area (Å²) in [5.74, 6) is -0.0995. The van der Waals surface area contributed by atoms with E-state index in [2.05, 4.69) is 20.4 Å². The molecule has 2 amide bonds. The van der Waals surface area contributed by atoms with Crippen LogP contribution in [-0.4, -0.2) is 17.6 Å². The van der Waals surface area contributed by atoms with Gasteiger partial charge in [-0.05, 0) is 36.6 Å². The van der Waals surface area contributed by atoms with E-state index in [1.807, 2.05) is 26.0 Å². The number of urea groups is 1. The number of aryl methyl sites for hydroxylation is 1. The van der Waals surface area contributed by atoms with E-state index in [0.717, 1.165) is 5.56 Å². The Morgan fingerprint density at radius 2 is 1.50 bits per heavy atom. The van der Waals surface area contributed by atoms with Gasteiger partial charge in [0.2, 0.25) is 5.88 Å². The summed E-state index contributed by atoms with van der Waals surface area (Å²) in [5, 5.41) is 5.20. The van der Waals surface area contributed by atoms with Crippen molar-refractivity contribution in [3.05, 3.63) is 47.7 Å². The van der Waals surface area contributed by atoms with Crippen LogP contribution in [0.15, 0.2) is 36.4 Å². The van der Waals surface area contributed by atoms with Gasteiger partial charge in [0.25, 0.3) is 0 Å². The second kappa shape index (κ2) is 12.1. The molecule has 0 spiro atoms. The van der Waals surface area contributed by atoms with E-state index in [9.17, 15) is 13.6 Å². The summed E-state index contributed by atoms with van der Waals surface area (Å²) >= 11 is 0. The highest BCUT2D eigenvalue weighted by Gasteiger charge is 2.15. The molecule has 0 atom stereocenters. The minimum atomic E-state index is -3.02. The largest absolute Gasteiger partial charge is 0.415 e. The molecular weight excluding hydrogens is 388 g/mol. The average Bonchev–Trinajstić information content (AvgIpc) is 2.71. The van der Waals surface area contributed by atoms with Gasteiger partial charge in [-0.3, -0.25) is 0 Å². The molecule has 30 heavy (non-hydrogen) atoms. The van der Waals surface area contributed by atoms with Gasteiger partial charge >= 0.3 is 12.6 Å². The summed E-state index contributed by atoms with van der Waals surface area (Å²) in [6.45, 7) is 2.64. The van der Waals surface area contributed by atoms with E-state index < -0.39 is 12.6 Å². The maximum absolute atomic E-state index is 12.5. The van der Waals surface area contributed by atoms with Crippen molar-refractivity contribution in [3.63, 3.8) is 0 Å². The van der Waals surface area contributed by atoms with E-state index in [0.29, 0.717) is 11.4 Å². The first-order valence-corrected chi connectivity index (χ1v) is 10.5. The summed E-state index contributed by atoms with van der Waals surface area (Å²) < 4.78 is 29.3. The first-order valence-electron chi connectivity index (χ1n) is 10.5. The summed E-state index contributed by atoms with van der Waals surface area (Å²) in [4.78, 5) is 16.1. The lowest BCUT2D eigenvalue weighted by Crippen LogP contribution is -2.21. The van der Waals surface area contributed by atoms with Crippen molar-refractivity contribution < 1.29 is 18.3 Å². The predicted molar refractivity (Wildman–Crippen MR) is 116 cm³/mol. The standard InChI is InChI=1S/C17H19F2N3O2.C6H12/c1-10(2)12-6-4-5-7-13(12)21-17(23)22-14-9-8-11(3)20-15(14)24-16(18)19;1-2-4-6-5-3-1/h4-10,16H,1-3H3,(H2,21,22,23);1-6H2. The minimum Gasteiger partial charge on any atom is -0.415 e. The Bertz CT molecular complexity index is 797. The lowest BCUT2D eigenvalue weighted by atomic mass is 10.0. The SMILES string of the molecule is C1CCCCC1.Cc1ccc(NC(=O)Nc2ccccc2C(C)C)c(OC(F)F)n1. The molecule has 0 radical (unpaired) electrons. The number of carbonyl (C=O) groups excluding carboxylic acids is 1. The van der Waals surface area contributed by atoms with Crippen LogP contribution < -0.4 is 15.4 Å². The molecule has 2 N–H and O–H groups in total. The zero-order chi connectivity index (χ0) is 21.9. The molecule has 3 rings (SSSR count). The topological polar surface area (TPSA) is 63.2 Å². The Morgan fingerprint density at radius 3 is 2.07 bits per heavy atom. The zero-order valence-electron chi connectivity index (χ0n) is 17.9. The molecule has 7 heteroatoms. The number of hydrogen-bond donors (Lipinski definition) is 2. The van der Waals surface area contributed by atoms with Gasteiger partial charge in [-0.15, -0.1) is 0 Å². The van der Waals surface area contributed by atoms with Crippen LogP contribution in [0.1, 0.15) is 69.5 Å². The number of benzene rings is 1. The van der Waals surface area contributed by atoms with Crippen molar-refractivity contribution in [2.24, 2.45) is 0 Å². The van der Waals surface area contributed by atoms with Gasteiger partial charge in [0.15, 0.2) is 0 Å². The molecule has 0 unspecified atom stereocenters. The number of para-hydroxylation sites is 1. The van der Waals surface area contributed by atoms with Crippen LogP contribution >= 0.6 is 0 Å². The first kappa shape index (κ1) is 23.6. The minimum absolute atomic E-state index is 0.0698. The molecule has 0 aliphatic heterocycles. The molecule has 164 valence electrons. The molecule has 5 nitrogen and oxygen atoms in total. The number of halogens is 2. The molecule has 1 fully saturated rings. The van der Waals surface area contributed by atoms with Crippen molar-refractivity contribution in [2.45, 2.75) is 71.8 Å². The molecule has 1 aliphatic rings. The molecular formula is C23H31F2N3O2. The van der Waals surface area contributed by atoms with Crippen LogP contribution in [0.3, 0.4) is 0 Å². The maximum atomic E-state index is 12.5. The third-order valence-corrected chi connectivity index (χ3v) is 4.78. The number of nitrogens with zero attached hydrogens (tertiary/aromatic N) is 1. The second-order valence-electron chi connectivity index (χ2n) is 7.63. The molecule has 1 aromatic carbocycles. The first-order chi connectivity index (χ1) is 14.4. The van der Waals surface area contributed by atoms with Crippen LogP contribution in [0.5, 0.6) is 5.88 Å². The number of pyridine rings is 1. The van der Waals surface area contributed by atoms with E-state index in [4.69, 9.17) is 0 Å². The van der Waals surface area contributed by atoms with Gasteiger partial charge in [0.1, 0.15) is 5.69 Å². The summed E-state index contributed by atoms with van der Waals surface area (Å²) in [7, 11) is 0. The summed E-state index contributed by atoms with van der Waals surface area (Å²) in [5.41, 5.74) is 2.20. The fraction of sp³-hybridized carbons (Fsp3) is 0.478. The number of alkyl halides is 2. The molecule has 1 saturated carbocycles. The van der Waals surface area contributed by atoms with E-state index in [-0.39, 0.29) is 17.5 Å².